The molecule has 0 radical (unpaired) electrons. The summed E-state index contributed by atoms with van der Waals surface area (Å²) < 4.78 is 8.35. The van der Waals surface area contributed by atoms with Crippen LogP contribution in [0.25, 0.3) is 11.2 Å². The Morgan fingerprint density at radius 3 is 2.26 bits per heavy atom. The van der Waals surface area contributed by atoms with Gasteiger partial charge in [0.15, 0.2) is 11.2 Å². The van der Waals surface area contributed by atoms with E-state index in [9.17, 15) is 9.59 Å². The number of rotatable bonds is 15. The second-order valence-electron chi connectivity index (χ2n) is 8.90. The number of hydrogen-bond donors (Lipinski definition) is 2. The number of hydrogen-bond acceptors (Lipinski definition) is 6. The molecule has 0 aliphatic heterocycles. The molecule has 0 saturated heterocycles. The molecule has 0 aliphatic rings. The Morgan fingerprint density at radius 1 is 1.00 bits per heavy atom. The number of aromatic nitrogens is 4. The number of nitrogens with zero attached hydrogens (tertiary/aromatic N) is 4. The molecule has 0 atom stereocenters. The van der Waals surface area contributed by atoms with Gasteiger partial charge in [0.25, 0.3) is 5.56 Å². The molecule has 9 heteroatoms. The highest BCUT2D eigenvalue weighted by Gasteiger charge is 2.16. The van der Waals surface area contributed by atoms with E-state index in [0.29, 0.717) is 23.7 Å². The lowest BCUT2D eigenvalue weighted by molar-refractivity contribution is 0.415. The molecule has 0 bridgehead atoms. The summed E-state index contributed by atoms with van der Waals surface area (Å²) in [6.07, 6.45) is 14.0. The topological polar surface area (TPSA) is 106 Å². The summed E-state index contributed by atoms with van der Waals surface area (Å²) in [5, 5.41) is 4.31. The predicted molar refractivity (Wildman–Crippen MR) is 142 cm³/mol. The SMILES string of the molecule is CCCCCCCCCCCCn1c(NN=Cc2ccc(OC)cc2)nc2c1c(=O)[nH]c(=O)n2C. The number of benzene rings is 1. The van der Waals surface area contributed by atoms with Gasteiger partial charge in [-0.2, -0.15) is 10.1 Å². The molecular weight excluding hydrogens is 444 g/mol. The van der Waals surface area contributed by atoms with Gasteiger partial charge in [0.2, 0.25) is 5.95 Å². The normalized spacial score (nSPS) is 11.5. The van der Waals surface area contributed by atoms with Crippen molar-refractivity contribution in [2.75, 3.05) is 12.5 Å². The molecule has 190 valence electrons. The number of hydrazone groups is 1. The molecule has 2 aromatic heterocycles. The van der Waals surface area contributed by atoms with E-state index in [1.165, 1.54) is 55.9 Å². The van der Waals surface area contributed by atoms with Gasteiger partial charge in [0.1, 0.15) is 5.75 Å². The lowest BCUT2D eigenvalue weighted by Gasteiger charge is -2.08. The molecular formula is C26H38N6O3. The number of nitrogens with one attached hydrogen (secondary N) is 2. The van der Waals surface area contributed by atoms with Gasteiger partial charge in [-0.15, -0.1) is 0 Å². The Balaban J connectivity index is 1.65. The van der Waals surface area contributed by atoms with E-state index >= 15 is 0 Å². The molecule has 0 saturated carbocycles. The third-order valence-electron chi connectivity index (χ3n) is 6.24. The largest absolute Gasteiger partial charge is 0.497 e. The summed E-state index contributed by atoms with van der Waals surface area (Å²) in [6.45, 7) is 2.86. The zero-order chi connectivity index (χ0) is 25.0. The smallest absolute Gasteiger partial charge is 0.329 e. The molecule has 1 aromatic carbocycles. The van der Waals surface area contributed by atoms with Gasteiger partial charge < -0.3 is 9.30 Å². The van der Waals surface area contributed by atoms with Crippen LogP contribution in [0.3, 0.4) is 0 Å². The third-order valence-corrected chi connectivity index (χ3v) is 6.24. The monoisotopic (exact) mass is 482 g/mol. The van der Waals surface area contributed by atoms with Crippen LogP contribution in [0.2, 0.25) is 0 Å². The highest BCUT2D eigenvalue weighted by atomic mass is 16.5. The van der Waals surface area contributed by atoms with Crippen LogP contribution in [-0.2, 0) is 13.6 Å². The van der Waals surface area contributed by atoms with Crippen molar-refractivity contribution < 1.29 is 4.74 Å². The van der Waals surface area contributed by atoms with Crippen molar-refractivity contribution >= 4 is 23.3 Å². The summed E-state index contributed by atoms with van der Waals surface area (Å²) in [6, 6.07) is 7.50. The quantitative estimate of drug-likeness (QED) is 0.184. The highest BCUT2D eigenvalue weighted by molar-refractivity contribution is 5.80. The maximum absolute atomic E-state index is 12.6. The number of imidazole rings is 1. The number of aromatic amines is 1. The van der Waals surface area contributed by atoms with Crippen molar-refractivity contribution in [3.05, 3.63) is 50.7 Å². The number of methoxy groups -OCH3 is 1. The molecule has 3 rings (SSSR count). The Kier molecular flexibility index (Phi) is 10.1. The molecule has 0 aliphatic carbocycles. The molecule has 0 fully saturated rings. The number of H-pyrrole nitrogens is 1. The Bertz CT molecular complexity index is 1210. The number of anilines is 1. The summed E-state index contributed by atoms with van der Waals surface area (Å²) in [7, 11) is 3.22. The Morgan fingerprint density at radius 2 is 1.63 bits per heavy atom. The van der Waals surface area contributed by atoms with Crippen LogP contribution in [0.5, 0.6) is 5.75 Å². The molecule has 0 unspecified atom stereocenters. The summed E-state index contributed by atoms with van der Waals surface area (Å²) in [5.41, 5.74) is 3.65. The number of fused-ring (bicyclic) bond motifs is 1. The van der Waals surface area contributed by atoms with Crippen LogP contribution in [0.4, 0.5) is 5.95 Å². The molecule has 2 N–H and O–H groups in total. The minimum absolute atomic E-state index is 0.341. The fraction of sp³-hybridized carbons (Fsp3) is 0.538. The summed E-state index contributed by atoms with van der Waals surface area (Å²) in [5.74, 6) is 1.21. The van der Waals surface area contributed by atoms with E-state index < -0.39 is 11.2 Å². The van der Waals surface area contributed by atoms with Crippen molar-refractivity contribution in [3.63, 3.8) is 0 Å². The van der Waals surface area contributed by atoms with Gasteiger partial charge in [-0.25, -0.2) is 10.2 Å². The number of ether oxygens (including phenoxy) is 1. The van der Waals surface area contributed by atoms with Crippen molar-refractivity contribution in [1.82, 2.24) is 19.1 Å². The molecule has 35 heavy (non-hydrogen) atoms. The van der Waals surface area contributed by atoms with E-state index in [2.05, 4.69) is 27.4 Å². The fourth-order valence-electron chi connectivity index (χ4n) is 4.15. The molecule has 2 heterocycles. The van der Waals surface area contributed by atoms with E-state index in [1.54, 1.807) is 20.4 Å². The van der Waals surface area contributed by atoms with Gasteiger partial charge in [-0.1, -0.05) is 64.7 Å². The first-order valence-electron chi connectivity index (χ1n) is 12.7. The van der Waals surface area contributed by atoms with Crippen molar-refractivity contribution in [2.45, 2.75) is 77.7 Å². The van der Waals surface area contributed by atoms with Crippen LogP contribution in [0.1, 0.15) is 76.7 Å². The van der Waals surface area contributed by atoms with E-state index in [4.69, 9.17) is 4.74 Å². The van der Waals surface area contributed by atoms with Crippen molar-refractivity contribution in [3.8, 4) is 5.75 Å². The van der Waals surface area contributed by atoms with Crippen LogP contribution in [-0.4, -0.2) is 32.4 Å². The van der Waals surface area contributed by atoms with Gasteiger partial charge in [0.05, 0.1) is 13.3 Å². The van der Waals surface area contributed by atoms with Gasteiger partial charge in [0, 0.05) is 13.6 Å². The maximum Gasteiger partial charge on any atom is 0.329 e. The van der Waals surface area contributed by atoms with Gasteiger partial charge in [-0.3, -0.25) is 14.3 Å². The average molecular weight is 483 g/mol. The Labute approximate surface area is 206 Å². The van der Waals surface area contributed by atoms with Crippen LogP contribution < -0.4 is 21.4 Å². The van der Waals surface area contributed by atoms with Crippen molar-refractivity contribution in [2.24, 2.45) is 12.1 Å². The van der Waals surface area contributed by atoms with E-state index in [0.717, 1.165) is 24.2 Å². The zero-order valence-corrected chi connectivity index (χ0v) is 21.2. The van der Waals surface area contributed by atoms with E-state index in [1.807, 2.05) is 28.8 Å². The van der Waals surface area contributed by atoms with Crippen LogP contribution in [0.15, 0.2) is 39.0 Å². The minimum Gasteiger partial charge on any atom is -0.497 e. The zero-order valence-electron chi connectivity index (χ0n) is 21.2. The molecule has 9 nitrogen and oxygen atoms in total. The lowest BCUT2D eigenvalue weighted by Crippen LogP contribution is -2.29. The molecule has 3 aromatic rings. The minimum atomic E-state index is -0.487. The van der Waals surface area contributed by atoms with Gasteiger partial charge >= 0.3 is 5.69 Å². The first-order valence-corrected chi connectivity index (χ1v) is 12.7. The predicted octanol–water partition coefficient (Wildman–Crippen LogP) is 4.80. The first-order chi connectivity index (χ1) is 17.0. The van der Waals surface area contributed by atoms with E-state index in [-0.39, 0.29) is 0 Å². The maximum atomic E-state index is 12.6. The first kappa shape index (κ1) is 26.2. The summed E-state index contributed by atoms with van der Waals surface area (Å²) in [4.78, 5) is 31.6. The van der Waals surface area contributed by atoms with Crippen LogP contribution >= 0.6 is 0 Å². The second kappa shape index (κ2) is 13.5. The number of aryl methyl sites for hydroxylation is 2. The highest BCUT2D eigenvalue weighted by Crippen LogP contribution is 2.18. The average Bonchev–Trinajstić information content (AvgIpc) is 3.23. The summed E-state index contributed by atoms with van der Waals surface area (Å²) >= 11 is 0. The molecule has 0 spiro atoms. The van der Waals surface area contributed by atoms with Crippen molar-refractivity contribution in [1.29, 1.82) is 0 Å². The Hall–Kier alpha value is -3.36. The number of unbranched alkanes of at least 4 members (excludes halogenated alkanes) is 9. The molecule has 0 amide bonds. The fourth-order valence-corrected chi connectivity index (χ4v) is 4.15. The lowest BCUT2D eigenvalue weighted by atomic mass is 10.1. The van der Waals surface area contributed by atoms with Gasteiger partial charge in [-0.05, 0) is 36.2 Å². The third kappa shape index (κ3) is 7.31. The van der Waals surface area contributed by atoms with Crippen LogP contribution in [0, 0.1) is 0 Å². The standard InChI is InChI=1S/C26H38N6O3/c1-4-5-6-7-8-9-10-11-12-13-18-32-22-23(31(2)26(34)29-24(22)33)28-25(32)30-27-19-20-14-16-21(35-3)17-15-20/h14-17,19H,4-13,18H2,1-3H3,(H,28,30)(H,29,33,34). The second-order valence-corrected chi connectivity index (χ2v) is 8.90.